The van der Waals surface area contributed by atoms with Crippen molar-refractivity contribution in [2.24, 2.45) is 11.3 Å². The molecule has 1 saturated heterocycles. The summed E-state index contributed by atoms with van der Waals surface area (Å²) < 4.78 is 12.3. The highest BCUT2D eigenvalue weighted by Gasteiger charge is 2.57. The molecule has 1 spiro atoms. The molecule has 3 unspecified atom stereocenters. The van der Waals surface area contributed by atoms with Gasteiger partial charge in [-0.05, 0) is 18.8 Å². The number of hydrogen-bond acceptors (Lipinski definition) is 2. The molecule has 2 fully saturated rings. The first kappa shape index (κ1) is 12.4. The van der Waals surface area contributed by atoms with Crippen LogP contribution >= 0.6 is 0 Å². The zero-order valence-electron chi connectivity index (χ0n) is 11.2. The van der Waals surface area contributed by atoms with E-state index in [1.807, 2.05) is 0 Å². The molecule has 0 bridgehead atoms. The van der Waals surface area contributed by atoms with E-state index in [2.05, 4.69) is 27.7 Å². The Labute approximate surface area is 99.7 Å². The van der Waals surface area contributed by atoms with Crippen LogP contribution in [0.1, 0.15) is 59.8 Å². The zero-order chi connectivity index (χ0) is 11.8. The van der Waals surface area contributed by atoms with E-state index in [4.69, 9.17) is 9.47 Å². The van der Waals surface area contributed by atoms with Gasteiger partial charge in [-0.25, -0.2) is 0 Å². The van der Waals surface area contributed by atoms with Crippen LogP contribution in [0, 0.1) is 11.3 Å². The monoisotopic (exact) mass is 226 g/mol. The minimum absolute atomic E-state index is 0.174. The van der Waals surface area contributed by atoms with Gasteiger partial charge in [-0.15, -0.1) is 0 Å². The topological polar surface area (TPSA) is 18.5 Å². The van der Waals surface area contributed by atoms with Gasteiger partial charge in [-0.3, -0.25) is 0 Å². The molecule has 2 heteroatoms. The van der Waals surface area contributed by atoms with E-state index in [1.54, 1.807) is 0 Å². The Bertz CT molecular complexity index is 249. The number of hydrogen-bond donors (Lipinski definition) is 0. The van der Waals surface area contributed by atoms with Gasteiger partial charge in [0.15, 0.2) is 5.79 Å². The Hall–Kier alpha value is -0.0800. The second kappa shape index (κ2) is 4.30. The van der Waals surface area contributed by atoms with E-state index >= 15 is 0 Å². The Morgan fingerprint density at radius 1 is 1.25 bits per heavy atom. The van der Waals surface area contributed by atoms with Gasteiger partial charge in [-0.2, -0.15) is 0 Å². The summed E-state index contributed by atoms with van der Waals surface area (Å²) in [6.45, 7) is 9.92. The fraction of sp³-hybridized carbons (Fsp3) is 1.00. The van der Waals surface area contributed by atoms with E-state index < -0.39 is 0 Å². The molecular formula is C14H26O2. The van der Waals surface area contributed by atoms with Crippen LogP contribution < -0.4 is 0 Å². The first-order valence-electron chi connectivity index (χ1n) is 6.81. The lowest BCUT2D eigenvalue weighted by Gasteiger charge is -2.36. The molecule has 0 aromatic carbocycles. The molecule has 2 nitrogen and oxygen atoms in total. The van der Waals surface area contributed by atoms with Crippen molar-refractivity contribution in [2.45, 2.75) is 71.7 Å². The molecule has 94 valence electrons. The van der Waals surface area contributed by atoms with E-state index in [9.17, 15) is 0 Å². The second-order valence-electron chi connectivity index (χ2n) is 6.34. The average Bonchev–Trinajstić information content (AvgIpc) is 2.67. The van der Waals surface area contributed by atoms with Crippen molar-refractivity contribution in [3.8, 4) is 0 Å². The Kier molecular flexibility index (Phi) is 3.33. The summed E-state index contributed by atoms with van der Waals surface area (Å²) in [5, 5.41) is 0. The highest BCUT2D eigenvalue weighted by atomic mass is 16.7. The van der Waals surface area contributed by atoms with Crippen LogP contribution in [-0.4, -0.2) is 18.5 Å². The van der Waals surface area contributed by atoms with Crippen LogP contribution in [0.25, 0.3) is 0 Å². The van der Waals surface area contributed by atoms with Crippen molar-refractivity contribution in [1.82, 2.24) is 0 Å². The quantitative estimate of drug-likeness (QED) is 0.729. The zero-order valence-corrected chi connectivity index (χ0v) is 11.2. The highest BCUT2D eigenvalue weighted by molar-refractivity contribution is 4.99. The van der Waals surface area contributed by atoms with Crippen molar-refractivity contribution in [3.63, 3.8) is 0 Å². The fourth-order valence-electron chi connectivity index (χ4n) is 3.43. The van der Waals surface area contributed by atoms with Gasteiger partial charge in [0.1, 0.15) is 0 Å². The third-order valence-corrected chi connectivity index (χ3v) is 4.25. The molecule has 0 N–H and O–H groups in total. The van der Waals surface area contributed by atoms with Gasteiger partial charge in [-0.1, -0.05) is 40.5 Å². The predicted octanol–water partition coefficient (Wildman–Crippen LogP) is 3.74. The number of rotatable bonds is 3. The van der Waals surface area contributed by atoms with E-state index in [1.165, 1.54) is 19.3 Å². The molecule has 16 heavy (non-hydrogen) atoms. The first-order chi connectivity index (χ1) is 7.49. The number of unbranched alkanes of at least 4 members (excludes halogenated alkanes) is 1. The molecule has 1 aliphatic heterocycles. The minimum Gasteiger partial charge on any atom is -0.347 e. The highest BCUT2D eigenvalue weighted by Crippen LogP contribution is 2.54. The van der Waals surface area contributed by atoms with Crippen LogP contribution in [0.2, 0.25) is 0 Å². The van der Waals surface area contributed by atoms with Gasteiger partial charge in [0.05, 0.1) is 12.7 Å². The Balaban J connectivity index is 2.00. The molecular weight excluding hydrogens is 200 g/mol. The number of ether oxygens (including phenoxy) is 2. The summed E-state index contributed by atoms with van der Waals surface area (Å²) in [4.78, 5) is 0. The lowest BCUT2D eigenvalue weighted by molar-refractivity contribution is -0.221. The normalized spacial score (nSPS) is 42.0. The maximum Gasteiger partial charge on any atom is 0.174 e. The average molecular weight is 226 g/mol. The molecule has 2 rings (SSSR count). The van der Waals surface area contributed by atoms with Gasteiger partial charge in [0.25, 0.3) is 0 Å². The molecule has 0 amide bonds. The van der Waals surface area contributed by atoms with Gasteiger partial charge in [0, 0.05) is 11.8 Å². The fourth-order valence-corrected chi connectivity index (χ4v) is 3.43. The molecule has 0 aromatic heterocycles. The summed E-state index contributed by atoms with van der Waals surface area (Å²) >= 11 is 0. The predicted molar refractivity (Wildman–Crippen MR) is 65.3 cm³/mol. The SMILES string of the molecule is CCCCC1COC2(CC(C)CC2(C)C)O1. The van der Waals surface area contributed by atoms with E-state index in [0.717, 1.165) is 25.4 Å². The lowest BCUT2D eigenvalue weighted by Crippen LogP contribution is -2.41. The second-order valence-corrected chi connectivity index (χ2v) is 6.34. The summed E-state index contributed by atoms with van der Waals surface area (Å²) in [5.41, 5.74) is 0.174. The third kappa shape index (κ3) is 2.02. The summed E-state index contributed by atoms with van der Waals surface area (Å²) in [7, 11) is 0. The lowest BCUT2D eigenvalue weighted by atomic mass is 9.86. The first-order valence-corrected chi connectivity index (χ1v) is 6.81. The molecule has 0 radical (unpaired) electrons. The summed E-state index contributed by atoms with van der Waals surface area (Å²) in [5.74, 6) is 0.449. The molecule has 1 saturated carbocycles. The molecule has 1 aliphatic carbocycles. The Morgan fingerprint density at radius 2 is 2.00 bits per heavy atom. The standard InChI is InChI=1S/C14H26O2/c1-5-6-7-12-10-15-14(16-12)9-11(2)8-13(14,3)4/h11-12H,5-10H2,1-4H3. The summed E-state index contributed by atoms with van der Waals surface area (Å²) in [6, 6.07) is 0. The third-order valence-electron chi connectivity index (χ3n) is 4.25. The summed E-state index contributed by atoms with van der Waals surface area (Å²) in [6.07, 6.45) is 6.27. The van der Waals surface area contributed by atoms with Gasteiger partial charge < -0.3 is 9.47 Å². The van der Waals surface area contributed by atoms with Crippen molar-refractivity contribution in [3.05, 3.63) is 0 Å². The maximum absolute atomic E-state index is 6.28. The van der Waals surface area contributed by atoms with Crippen molar-refractivity contribution in [1.29, 1.82) is 0 Å². The molecule has 1 heterocycles. The van der Waals surface area contributed by atoms with Gasteiger partial charge in [0.2, 0.25) is 0 Å². The van der Waals surface area contributed by atoms with Crippen molar-refractivity contribution >= 4 is 0 Å². The van der Waals surface area contributed by atoms with Crippen LogP contribution in [-0.2, 0) is 9.47 Å². The van der Waals surface area contributed by atoms with E-state index in [0.29, 0.717) is 6.10 Å². The largest absolute Gasteiger partial charge is 0.347 e. The molecule has 3 atom stereocenters. The smallest absolute Gasteiger partial charge is 0.174 e. The Morgan fingerprint density at radius 3 is 2.56 bits per heavy atom. The van der Waals surface area contributed by atoms with Gasteiger partial charge >= 0.3 is 0 Å². The molecule has 2 aliphatic rings. The van der Waals surface area contributed by atoms with E-state index in [-0.39, 0.29) is 11.2 Å². The minimum atomic E-state index is -0.273. The van der Waals surface area contributed by atoms with Crippen LogP contribution in [0.15, 0.2) is 0 Å². The van der Waals surface area contributed by atoms with Crippen LogP contribution in [0.3, 0.4) is 0 Å². The van der Waals surface area contributed by atoms with Crippen molar-refractivity contribution < 1.29 is 9.47 Å². The molecule has 0 aromatic rings. The van der Waals surface area contributed by atoms with Crippen molar-refractivity contribution in [2.75, 3.05) is 6.61 Å². The maximum atomic E-state index is 6.28. The van der Waals surface area contributed by atoms with Crippen LogP contribution in [0.5, 0.6) is 0 Å². The van der Waals surface area contributed by atoms with Crippen LogP contribution in [0.4, 0.5) is 0 Å².